The number of likely N-dealkylation sites (N-methyl/N-ethyl adjacent to an activating group) is 1. The van der Waals surface area contributed by atoms with Gasteiger partial charge in [0.15, 0.2) is 0 Å². The van der Waals surface area contributed by atoms with Crippen LogP contribution >= 0.6 is 0 Å². The maximum absolute atomic E-state index is 12.3. The Hall–Kier alpha value is -1.59. The molecule has 2 rings (SSSR count). The second kappa shape index (κ2) is 8.15. The molecule has 1 aromatic rings. The summed E-state index contributed by atoms with van der Waals surface area (Å²) in [6.45, 7) is 2.03. The van der Waals surface area contributed by atoms with E-state index in [9.17, 15) is 9.90 Å². The molecule has 0 bridgehead atoms. The standard InChI is InChI=1S/C17H26N2O3/c1-18(12-17(21)19-10-4-3-5-11-19)16(13-20)14-6-8-15(22-2)9-7-14/h6-9,16,20H,3-5,10-13H2,1-2H3. The van der Waals surface area contributed by atoms with Gasteiger partial charge in [-0.1, -0.05) is 12.1 Å². The van der Waals surface area contributed by atoms with Crippen molar-refractivity contribution in [2.75, 3.05) is 40.4 Å². The number of rotatable bonds is 6. The van der Waals surface area contributed by atoms with Gasteiger partial charge in [-0.25, -0.2) is 0 Å². The molecular formula is C17H26N2O3. The Kier molecular flexibility index (Phi) is 6.21. The average Bonchev–Trinajstić information content (AvgIpc) is 2.57. The molecule has 1 aliphatic heterocycles. The lowest BCUT2D eigenvalue weighted by molar-refractivity contribution is -0.133. The van der Waals surface area contributed by atoms with Crippen LogP contribution in [0, 0.1) is 0 Å². The van der Waals surface area contributed by atoms with Crippen molar-refractivity contribution < 1.29 is 14.6 Å². The van der Waals surface area contributed by atoms with Crippen LogP contribution in [0.25, 0.3) is 0 Å². The van der Waals surface area contributed by atoms with E-state index in [2.05, 4.69) is 0 Å². The molecule has 122 valence electrons. The van der Waals surface area contributed by atoms with Crippen molar-refractivity contribution in [1.82, 2.24) is 9.80 Å². The van der Waals surface area contributed by atoms with Crippen LogP contribution in [-0.2, 0) is 4.79 Å². The fraction of sp³-hybridized carbons (Fsp3) is 0.588. The van der Waals surface area contributed by atoms with E-state index in [0.717, 1.165) is 37.2 Å². The highest BCUT2D eigenvalue weighted by atomic mass is 16.5. The fourth-order valence-corrected chi connectivity index (χ4v) is 2.89. The quantitative estimate of drug-likeness (QED) is 0.869. The Labute approximate surface area is 132 Å². The summed E-state index contributed by atoms with van der Waals surface area (Å²) < 4.78 is 5.15. The Balaban J connectivity index is 1.98. The number of piperidine rings is 1. The van der Waals surface area contributed by atoms with Gasteiger partial charge in [0, 0.05) is 13.1 Å². The summed E-state index contributed by atoms with van der Waals surface area (Å²) in [4.78, 5) is 16.2. The second-order valence-corrected chi connectivity index (χ2v) is 5.83. The largest absolute Gasteiger partial charge is 0.497 e. The Morgan fingerprint density at radius 1 is 1.27 bits per heavy atom. The summed E-state index contributed by atoms with van der Waals surface area (Å²) in [5.41, 5.74) is 0.984. The summed E-state index contributed by atoms with van der Waals surface area (Å²) in [7, 11) is 3.51. The summed E-state index contributed by atoms with van der Waals surface area (Å²) in [6.07, 6.45) is 3.40. The summed E-state index contributed by atoms with van der Waals surface area (Å²) in [5.74, 6) is 0.932. The first-order valence-corrected chi connectivity index (χ1v) is 7.88. The van der Waals surface area contributed by atoms with Crippen LogP contribution in [0.1, 0.15) is 30.9 Å². The van der Waals surface area contributed by atoms with Gasteiger partial charge in [0.05, 0.1) is 26.3 Å². The molecule has 0 radical (unpaired) electrons. The number of aliphatic hydroxyl groups excluding tert-OH is 1. The molecule has 0 spiro atoms. The van der Waals surface area contributed by atoms with Gasteiger partial charge in [0.2, 0.25) is 5.91 Å². The molecule has 5 heteroatoms. The highest BCUT2D eigenvalue weighted by Gasteiger charge is 2.22. The van der Waals surface area contributed by atoms with E-state index in [-0.39, 0.29) is 18.6 Å². The minimum absolute atomic E-state index is 0.0177. The molecule has 1 saturated heterocycles. The van der Waals surface area contributed by atoms with Crippen molar-refractivity contribution in [3.63, 3.8) is 0 Å². The van der Waals surface area contributed by atoms with E-state index in [0.29, 0.717) is 6.54 Å². The lowest BCUT2D eigenvalue weighted by atomic mass is 10.1. The van der Waals surface area contributed by atoms with Gasteiger partial charge in [0.25, 0.3) is 0 Å². The molecule has 1 atom stereocenters. The molecule has 1 aliphatic rings. The maximum Gasteiger partial charge on any atom is 0.236 e. The van der Waals surface area contributed by atoms with Crippen LogP contribution in [-0.4, -0.2) is 61.2 Å². The molecule has 22 heavy (non-hydrogen) atoms. The van der Waals surface area contributed by atoms with Crippen molar-refractivity contribution in [2.24, 2.45) is 0 Å². The first kappa shape index (κ1) is 16.8. The first-order chi connectivity index (χ1) is 10.7. The number of amides is 1. The van der Waals surface area contributed by atoms with Crippen LogP contribution in [0.5, 0.6) is 5.75 Å². The number of nitrogens with zero attached hydrogens (tertiary/aromatic N) is 2. The molecule has 0 aliphatic carbocycles. The average molecular weight is 306 g/mol. The van der Waals surface area contributed by atoms with E-state index in [4.69, 9.17) is 4.74 Å². The van der Waals surface area contributed by atoms with Gasteiger partial charge in [0.1, 0.15) is 5.75 Å². The Morgan fingerprint density at radius 3 is 2.45 bits per heavy atom. The monoisotopic (exact) mass is 306 g/mol. The van der Waals surface area contributed by atoms with E-state index < -0.39 is 0 Å². The van der Waals surface area contributed by atoms with Gasteiger partial charge >= 0.3 is 0 Å². The zero-order valence-electron chi connectivity index (χ0n) is 13.5. The second-order valence-electron chi connectivity index (χ2n) is 5.83. The molecule has 1 N–H and O–H groups in total. The Bertz CT molecular complexity index is 469. The van der Waals surface area contributed by atoms with Crippen molar-refractivity contribution in [3.8, 4) is 5.75 Å². The summed E-state index contributed by atoms with van der Waals surface area (Å²) in [6, 6.07) is 7.43. The van der Waals surface area contributed by atoms with Crippen molar-refractivity contribution in [1.29, 1.82) is 0 Å². The number of benzene rings is 1. The van der Waals surface area contributed by atoms with Gasteiger partial charge in [-0.15, -0.1) is 0 Å². The van der Waals surface area contributed by atoms with Gasteiger partial charge < -0.3 is 14.7 Å². The lowest BCUT2D eigenvalue weighted by Gasteiger charge is -2.31. The SMILES string of the molecule is COc1ccc(C(CO)N(C)CC(=O)N2CCCCC2)cc1. The van der Waals surface area contributed by atoms with Crippen molar-refractivity contribution in [2.45, 2.75) is 25.3 Å². The smallest absolute Gasteiger partial charge is 0.236 e. The zero-order valence-corrected chi connectivity index (χ0v) is 13.5. The minimum atomic E-state index is -0.181. The molecule has 5 nitrogen and oxygen atoms in total. The molecular weight excluding hydrogens is 280 g/mol. The normalized spacial score (nSPS) is 16.6. The number of methoxy groups -OCH3 is 1. The molecule has 1 amide bonds. The maximum atomic E-state index is 12.3. The predicted molar refractivity (Wildman–Crippen MR) is 85.9 cm³/mol. The van der Waals surface area contributed by atoms with Gasteiger partial charge in [-0.05, 0) is 44.0 Å². The third-order valence-corrected chi connectivity index (χ3v) is 4.30. The molecule has 1 heterocycles. The number of aliphatic hydroxyl groups is 1. The number of hydrogen-bond acceptors (Lipinski definition) is 4. The first-order valence-electron chi connectivity index (χ1n) is 7.88. The third kappa shape index (κ3) is 4.21. The summed E-state index contributed by atoms with van der Waals surface area (Å²) >= 11 is 0. The highest BCUT2D eigenvalue weighted by molar-refractivity contribution is 5.78. The van der Waals surface area contributed by atoms with Gasteiger partial charge in [-0.2, -0.15) is 0 Å². The van der Waals surface area contributed by atoms with Crippen molar-refractivity contribution in [3.05, 3.63) is 29.8 Å². The number of likely N-dealkylation sites (tertiary alicyclic amines) is 1. The number of ether oxygens (including phenoxy) is 1. The van der Waals surface area contributed by atoms with Crippen LogP contribution in [0.15, 0.2) is 24.3 Å². The number of hydrogen-bond donors (Lipinski definition) is 1. The third-order valence-electron chi connectivity index (χ3n) is 4.30. The van der Waals surface area contributed by atoms with Crippen LogP contribution in [0.2, 0.25) is 0 Å². The predicted octanol–water partition coefficient (Wildman–Crippen LogP) is 1.67. The molecule has 1 unspecified atom stereocenters. The molecule has 0 saturated carbocycles. The zero-order chi connectivity index (χ0) is 15.9. The van der Waals surface area contributed by atoms with E-state index >= 15 is 0 Å². The molecule has 0 aromatic heterocycles. The van der Waals surface area contributed by atoms with Gasteiger partial charge in [-0.3, -0.25) is 9.69 Å². The van der Waals surface area contributed by atoms with Crippen LogP contribution in [0.3, 0.4) is 0 Å². The van der Waals surface area contributed by atoms with E-state index in [1.54, 1.807) is 7.11 Å². The number of carbonyl (C=O) groups is 1. The topological polar surface area (TPSA) is 53.0 Å². The van der Waals surface area contributed by atoms with E-state index in [1.807, 2.05) is 41.1 Å². The van der Waals surface area contributed by atoms with Crippen LogP contribution < -0.4 is 4.74 Å². The molecule has 1 aromatic carbocycles. The fourth-order valence-electron chi connectivity index (χ4n) is 2.89. The lowest BCUT2D eigenvalue weighted by Crippen LogP contribution is -2.43. The Morgan fingerprint density at radius 2 is 1.91 bits per heavy atom. The number of carbonyl (C=O) groups excluding carboxylic acids is 1. The van der Waals surface area contributed by atoms with Crippen molar-refractivity contribution >= 4 is 5.91 Å². The minimum Gasteiger partial charge on any atom is -0.497 e. The highest BCUT2D eigenvalue weighted by Crippen LogP contribution is 2.22. The summed E-state index contributed by atoms with van der Waals surface area (Å²) in [5, 5.41) is 9.70. The molecule has 1 fully saturated rings. The van der Waals surface area contributed by atoms with E-state index in [1.165, 1.54) is 6.42 Å². The van der Waals surface area contributed by atoms with Crippen LogP contribution in [0.4, 0.5) is 0 Å².